The zero-order valence-electron chi connectivity index (χ0n) is 14.6. The lowest BCUT2D eigenvalue weighted by molar-refractivity contribution is -0.122. The Labute approximate surface area is 151 Å². The van der Waals surface area contributed by atoms with Crippen molar-refractivity contribution >= 4 is 22.4 Å². The normalized spacial score (nSPS) is 23.2. The van der Waals surface area contributed by atoms with Gasteiger partial charge in [0.15, 0.2) is 0 Å². The topological polar surface area (TPSA) is 90.1 Å². The van der Waals surface area contributed by atoms with Crippen LogP contribution < -0.4 is 15.8 Å². The van der Waals surface area contributed by atoms with Gasteiger partial charge in [0.25, 0.3) is 0 Å². The summed E-state index contributed by atoms with van der Waals surface area (Å²) >= 11 is 1.40. The molecule has 1 amide bonds. The molecule has 0 radical (unpaired) electrons. The van der Waals surface area contributed by atoms with E-state index in [2.05, 4.69) is 15.5 Å². The SMILES string of the molecule is COc1cccc(Cc2nnc(NC(=O)C3CCCCC3(C)N)s2)c1. The number of hydrogen-bond donors (Lipinski definition) is 2. The van der Waals surface area contributed by atoms with E-state index in [1.54, 1.807) is 7.11 Å². The first kappa shape index (κ1) is 17.8. The summed E-state index contributed by atoms with van der Waals surface area (Å²) in [5.41, 5.74) is 6.95. The maximum absolute atomic E-state index is 12.6. The van der Waals surface area contributed by atoms with Gasteiger partial charge in [-0.3, -0.25) is 4.79 Å². The lowest BCUT2D eigenvalue weighted by atomic mass is 9.74. The highest BCUT2D eigenvalue weighted by Gasteiger charge is 2.38. The van der Waals surface area contributed by atoms with Gasteiger partial charge in [0, 0.05) is 12.0 Å². The maximum Gasteiger partial charge on any atom is 0.231 e. The zero-order chi connectivity index (χ0) is 17.9. The van der Waals surface area contributed by atoms with E-state index in [0.717, 1.165) is 42.0 Å². The highest BCUT2D eigenvalue weighted by atomic mass is 32.1. The molecule has 2 unspecified atom stereocenters. The van der Waals surface area contributed by atoms with Gasteiger partial charge in [-0.25, -0.2) is 0 Å². The van der Waals surface area contributed by atoms with Gasteiger partial charge in [-0.1, -0.05) is 36.3 Å². The molecular weight excluding hydrogens is 336 g/mol. The highest BCUT2D eigenvalue weighted by molar-refractivity contribution is 7.15. The first-order valence-electron chi connectivity index (χ1n) is 8.53. The van der Waals surface area contributed by atoms with Crippen molar-refractivity contribution in [2.45, 2.75) is 44.6 Å². The summed E-state index contributed by atoms with van der Waals surface area (Å²) in [4.78, 5) is 12.6. The lowest BCUT2D eigenvalue weighted by Crippen LogP contribution is -2.51. The van der Waals surface area contributed by atoms with E-state index < -0.39 is 5.54 Å². The molecule has 1 aliphatic carbocycles. The van der Waals surface area contributed by atoms with Crippen LogP contribution in [-0.4, -0.2) is 28.8 Å². The van der Waals surface area contributed by atoms with E-state index in [9.17, 15) is 4.79 Å². The molecule has 1 saturated carbocycles. The Morgan fingerprint density at radius 1 is 1.44 bits per heavy atom. The van der Waals surface area contributed by atoms with E-state index in [1.807, 2.05) is 31.2 Å². The number of nitrogens with zero attached hydrogens (tertiary/aromatic N) is 2. The predicted octanol–water partition coefficient (Wildman–Crippen LogP) is 2.98. The molecule has 1 aromatic carbocycles. The van der Waals surface area contributed by atoms with Crippen molar-refractivity contribution in [3.8, 4) is 5.75 Å². The number of nitrogens with two attached hydrogens (primary N) is 1. The summed E-state index contributed by atoms with van der Waals surface area (Å²) in [7, 11) is 1.65. The number of aromatic nitrogens is 2. The molecule has 0 spiro atoms. The van der Waals surface area contributed by atoms with Crippen molar-refractivity contribution in [3.63, 3.8) is 0 Å². The molecule has 1 heterocycles. The maximum atomic E-state index is 12.6. The Morgan fingerprint density at radius 3 is 3.04 bits per heavy atom. The number of anilines is 1. The first-order valence-corrected chi connectivity index (χ1v) is 9.34. The Hall–Kier alpha value is -1.99. The molecule has 6 nitrogen and oxygen atoms in total. The summed E-state index contributed by atoms with van der Waals surface area (Å²) in [5.74, 6) is 0.593. The monoisotopic (exact) mass is 360 g/mol. The summed E-state index contributed by atoms with van der Waals surface area (Å²) in [6.45, 7) is 1.96. The van der Waals surface area contributed by atoms with Gasteiger partial charge in [-0.15, -0.1) is 10.2 Å². The molecule has 0 bridgehead atoms. The van der Waals surface area contributed by atoms with Crippen molar-refractivity contribution < 1.29 is 9.53 Å². The average Bonchev–Trinajstić information content (AvgIpc) is 3.01. The number of hydrogen-bond acceptors (Lipinski definition) is 6. The molecule has 0 saturated heterocycles. The van der Waals surface area contributed by atoms with Gasteiger partial charge in [0.05, 0.1) is 13.0 Å². The molecule has 0 aliphatic heterocycles. The Bertz CT molecular complexity index is 744. The van der Waals surface area contributed by atoms with Crippen LogP contribution in [0.1, 0.15) is 43.2 Å². The second-order valence-electron chi connectivity index (χ2n) is 6.82. The highest BCUT2D eigenvalue weighted by Crippen LogP contribution is 2.32. The molecule has 7 heteroatoms. The van der Waals surface area contributed by atoms with Crippen molar-refractivity contribution in [1.29, 1.82) is 0 Å². The third-order valence-corrected chi connectivity index (χ3v) is 5.60. The fourth-order valence-corrected chi connectivity index (χ4v) is 4.09. The molecule has 134 valence electrons. The number of nitrogens with one attached hydrogen (secondary N) is 1. The van der Waals surface area contributed by atoms with Crippen molar-refractivity contribution in [1.82, 2.24) is 10.2 Å². The van der Waals surface area contributed by atoms with E-state index in [-0.39, 0.29) is 11.8 Å². The Morgan fingerprint density at radius 2 is 2.28 bits per heavy atom. The molecular formula is C18H24N4O2S. The van der Waals surface area contributed by atoms with Gasteiger partial charge >= 0.3 is 0 Å². The zero-order valence-corrected chi connectivity index (χ0v) is 15.4. The Kier molecular flexibility index (Phi) is 5.34. The van der Waals surface area contributed by atoms with Crippen LogP contribution in [-0.2, 0) is 11.2 Å². The number of methoxy groups -OCH3 is 1. The minimum absolute atomic E-state index is 0.0474. The summed E-state index contributed by atoms with van der Waals surface area (Å²) < 4.78 is 5.24. The molecule has 1 fully saturated rings. The van der Waals surface area contributed by atoms with Crippen LogP contribution in [0.4, 0.5) is 5.13 Å². The van der Waals surface area contributed by atoms with Gasteiger partial charge in [-0.05, 0) is 37.5 Å². The van der Waals surface area contributed by atoms with Crippen LogP contribution in [0.2, 0.25) is 0 Å². The molecule has 3 N–H and O–H groups in total. The Balaban J connectivity index is 1.64. The number of rotatable bonds is 5. The minimum atomic E-state index is -0.448. The molecule has 2 atom stereocenters. The molecule has 3 rings (SSSR count). The number of ether oxygens (including phenoxy) is 1. The van der Waals surface area contributed by atoms with Crippen molar-refractivity contribution in [2.24, 2.45) is 11.7 Å². The lowest BCUT2D eigenvalue weighted by Gasteiger charge is -2.36. The molecule has 2 aromatic rings. The predicted molar refractivity (Wildman–Crippen MR) is 98.9 cm³/mol. The third kappa shape index (κ3) is 4.35. The van der Waals surface area contributed by atoms with Crippen LogP contribution in [0.25, 0.3) is 0 Å². The van der Waals surface area contributed by atoms with E-state index in [1.165, 1.54) is 11.3 Å². The third-order valence-electron chi connectivity index (χ3n) is 4.76. The smallest absolute Gasteiger partial charge is 0.231 e. The van der Waals surface area contributed by atoms with Gasteiger partial charge in [0.2, 0.25) is 11.0 Å². The second kappa shape index (κ2) is 7.49. The van der Waals surface area contributed by atoms with E-state index >= 15 is 0 Å². The standard InChI is InChI=1S/C18H24N4O2S/c1-18(19)9-4-3-8-14(18)16(23)20-17-22-21-15(25-17)11-12-6-5-7-13(10-12)24-2/h5-7,10,14H,3-4,8-9,11,19H2,1-2H3,(H,20,22,23). The molecule has 1 aromatic heterocycles. The summed E-state index contributed by atoms with van der Waals surface area (Å²) in [5, 5.41) is 12.6. The average molecular weight is 360 g/mol. The largest absolute Gasteiger partial charge is 0.497 e. The number of carbonyl (C=O) groups excluding carboxylic acids is 1. The minimum Gasteiger partial charge on any atom is -0.497 e. The van der Waals surface area contributed by atoms with Crippen LogP contribution in [0.15, 0.2) is 24.3 Å². The van der Waals surface area contributed by atoms with E-state index in [4.69, 9.17) is 10.5 Å². The molecule has 1 aliphatic rings. The number of amides is 1. The summed E-state index contributed by atoms with van der Waals surface area (Å²) in [6.07, 6.45) is 4.49. The quantitative estimate of drug-likeness (QED) is 0.855. The van der Waals surface area contributed by atoms with Gasteiger partial charge in [-0.2, -0.15) is 0 Å². The van der Waals surface area contributed by atoms with Crippen molar-refractivity contribution in [2.75, 3.05) is 12.4 Å². The van der Waals surface area contributed by atoms with E-state index in [0.29, 0.717) is 11.6 Å². The first-order chi connectivity index (χ1) is 12.0. The van der Waals surface area contributed by atoms with Crippen LogP contribution in [0, 0.1) is 5.92 Å². The van der Waals surface area contributed by atoms with Crippen molar-refractivity contribution in [3.05, 3.63) is 34.8 Å². The van der Waals surface area contributed by atoms with Gasteiger partial charge < -0.3 is 15.8 Å². The number of benzene rings is 1. The van der Waals surface area contributed by atoms with Crippen LogP contribution in [0.3, 0.4) is 0 Å². The summed E-state index contributed by atoms with van der Waals surface area (Å²) in [6, 6.07) is 7.85. The fraction of sp³-hybridized carbons (Fsp3) is 0.500. The number of carbonyl (C=O) groups is 1. The van der Waals surface area contributed by atoms with Gasteiger partial charge in [0.1, 0.15) is 10.8 Å². The fourth-order valence-electron chi connectivity index (χ4n) is 3.31. The van der Waals surface area contributed by atoms with Crippen LogP contribution >= 0.6 is 11.3 Å². The van der Waals surface area contributed by atoms with Crippen LogP contribution in [0.5, 0.6) is 5.75 Å². The molecule has 25 heavy (non-hydrogen) atoms. The second-order valence-corrected chi connectivity index (χ2v) is 7.88.